The van der Waals surface area contributed by atoms with E-state index in [4.69, 9.17) is 9.84 Å². The molecule has 0 bridgehead atoms. The summed E-state index contributed by atoms with van der Waals surface area (Å²) in [5.41, 5.74) is -0.119. The van der Waals surface area contributed by atoms with Crippen LogP contribution < -0.4 is 4.74 Å². The highest BCUT2D eigenvalue weighted by molar-refractivity contribution is 5.87. The van der Waals surface area contributed by atoms with Gasteiger partial charge in [0.2, 0.25) is 5.69 Å². The van der Waals surface area contributed by atoms with E-state index in [2.05, 4.69) is 15.4 Å². The van der Waals surface area contributed by atoms with Crippen LogP contribution in [0.25, 0.3) is 0 Å². The Labute approximate surface area is 62.2 Å². The number of hydrogen-bond donors (Lipinski definition) is 2. The molecule has 0 aromatic carbocycles. The third-order valence-corrected chi connectivity index (χ3v) is 1.01. The molecule has 6 heteroatoms. The van der Waals surface area contributed by atoms with Gasteiger partial charge in [0.1, 0.15) is 0 Å². The van der Waals surface area contributed by atoms with E-state index in [1.807, 2.05) is 0 Å². The van der Waals surface area contributed by atoms with Gasteiger partial charge in [-0.2, -0.15) is 0 Å². The van der Waals surface area contributed by atoms with Crippen molar-refractivity contribution in [1.82, 2.24) is 15.4 Å². The summed E-state index contributed by atoms with van der Waals surface area (Å²) in [6.45, 7) is 2.10. The third kappa shape index (κ3) is 1.46. The minimum Gasteiger partial charge on any atom is -0.476 e. The number of aromatic amines is 1. The second-order valence-electron chi connectivity index (χ2n) is 1.73. The minimum absolute atomic E-state index is 0.0278. The van der Waals surface area contributed by atoms with E-state index in [-0.39, 0.29) is 11.6 Å². The van der Waals surface area contributed by atoms with Crippen molar-refractivity contribution < 1.29 is 14.6 Å². The van der Waals surface area contributed by atoms with Crippen molar-refractivity contribution in [3.8, 4) is 5.88 Å². The Morgan fingerprint density at radius 3 is 3.09 bits per heavy atom. The van der Waals surface area contributed by atoms with Gasteiger partial charge in [0.25, 0.3) is 5.88 Å². The van der Waals surface area contributed by atoms with Gasteiger partial charge < -0.3 is 9.84 Å². The summed E-state index contributed by atoms with van der Waals surface area (Å²) >= 11 is 0. The molecule has 0 aliphatic heterocycles. The Morgan fingerprint density at radius 2 is 2.55 bits per heavy atom. The Balaban J connectivity index is 2.87. The van der Waals surface area contributed by atoms with E-state index in [0.29, 0.717) is 6.61 Å². The lowest BCUT2D eigenvalue weighted by atomic mass is 10.5. The number of carboxylic acid groups (broad SMARTS) is 1. The van der Waals surface area contributed by atoms with Crippen molar-refractivity contribution >= 4 is 5.97 Å². The zero-order valence-corrected chi connectivity index (χ0v) is 5.87. The summed E-state index contributed by atoms with van der Waals surface area (Å²) in [4.78, 5) is 10.4. The molecule has 0 amide bonds. The van der Waals surface area contributed by atoms with Crippen molar-refractivity contribution in [1.29, 1.82) is 0 Å². The summed E-state index contributed by atoms with van der Waals surface area (Å²) in [5, 5.41) is 17.4. The van der Waals surface area contributed by atoms with Crippen molar-refractivity contribution in [2.24, 2.45) is 0 Å². The van der Waals surface area contributed by atoms with Crippen LogP contribution in [0, 0.1) is 0 Å². The third-order valence-electron chi connectivity index (χ3n) is 1.01. The van der Waals surface area contributed by atoms with Gasteiger partial charge in [-0.3, -0.25) is 0 Å². The minimum atomic E-state index is -1.13. The monoisotopic (exact) mass is 157 g/mol. The maximum absolute atomic E-state index is 10.4. The van der Waals surface area contributed by atoms with Gasteiger partial charge in [0.05, 0.1) is 6.61 Å². The van der Waals surface area contributed by atoms with Crippen molar-refractivity contribution in [2.45, 2.75) is 6.92 Å². The Hall–Kier alpha value is -1.59. The van der Waals surface area contributed by atoms with Crippen LogP contribution >= 0.6 is 0 Å². The fourth-order valence-corrected chi connectivity index (χ4v) is 0.595. The van der Waals surface area contributed by atoms with Crippen LogP contribution in [0.4, 0.5) is 0 Å². The number of nitrogens with zero attached hydrogens (tertiary/aromatic N) is 2. The number of ether oxygens (including phenoxy) is 1. The molecule has 2 N–H and O–H groups in total. The van der Waals surface area contributed by atoms with E-state index in [1.165, 1.54) is 0 Å². The number of carboxylic acids is 1. The number of aromatic carboxylic acids is 1. The maximum atomic E-state index is 10.4. The van der Waals surface area contributed by atoms with Crippen LogP contribution in [0.5, 0.6) is 5.88 Å². The summed E-state index contributed by atoms with van der Waals surface area (Å²) in [7, 11) is 0. The number of H-pyrrole nitrogens is 1. The highest BCUT2D eigenvalue weighted by Gasteiger charge is 2.14. The predicted octanol–water partition coefficient (Wildman–Crippen LogP) is -0.0984. The molecule has 1 heterocycles. The molecule has 60 valence electrons. The molecule has 0 atom stereocenters. The second-order valence-corrected chi connectivity index (χ2v) is 1.73. The van der Waals surface area contributed by atoms with Crippen LogP contribution in [-0.2, 0) is 0 Å². The number of carbonyl (C=O) groups is 1. The Bertz CT molecular complexity index is 257. The van der Waals surface area contributed by atoms with Crippen molar-refractivity contribution in [3.63, 3.8) is 0 Å². The molecule has 0 saturated heterocycles. The average molecular weight is 157 g/mol. The molecule has 0 aliphatic carbocycles. The largest absolute Gasteiger partial charge is 0.476 e. The van der Waals surface area contributed by atoms with Crippen molar-refractivity contribution in [2.75, 3.05) is 6.61 Å². The molecule has 0 spiro atoms. The Kier molecular flexibility index (Phi) is 2.05. The first-order valence-electron chi connectivity index (χ1n) is 3.02. The van der Waals surface area contributed by atoms with E-state index in [1.54, 1.807) is 6.92 Å². The molecule has 0 unspecified atom stereocenters. The number of rotatable bonds is 3. The van der Waals surface area contributed by atoms with Gasteiger partial charge in [-0.1, -0.05) is 10.3 Å². The molecule has 1 aromatic rings. The predicted molar refractivity (Wildman–Crippen MR) is 34.5 cm³/mol. The highest BCUT2D eigenvalue weighted by Crippen LogP contribution is 2.09. The van der Waals surface area contributed by atoms with Crippen LogP contribution in [0.1, 0.15) is 17.4 Å². The molecule has 1 rings (SSSR count). The van der Waals surface area contributed by atoms with Gasteiger partial charge in [-0.05, 0) is 6.92 Å². The lowest BCUT2D eigenvalue weighted by Gasteiger charge is -1.95. The van der Waals surface area contributed by atoms with Gasteiger partial charge in [-0.15, -0.1) is 0 Å². The second kappa shape index (κ2) is 3.00. The SMILES string of the molecule is CCOc1nn[nH]c1C(=O)O. The van der Waals surface area contributed by atoms with Gasteiger partial charge in [0, 0.05) is 0 Å². The zero-order chi connectivity index (χ0) is 8.27. The van der Waals surface area contributed by atoms with Crippen LogP contribution in [0.15, 0.2) is 0 Å². The summed E-state index contributed by atoms with van der Waals surface area (Å²) in [5.74, 6) is -1.10. The molecule has 11 heavy (non-hydrogen) atoms. The molecule has 6 nitrogen and oxygen atoms in total. The topological polar surface area (TPSA) is 88.1 Å². The zero-order valence-electron chi connectivity index (χ0n) is 5.87. The first-order valence-corrected chi connectivity index (χ1v) is 3.02. The van der Waals surface area contributed by atoms with E-state index < -0.39 is 5.97 Å². The normalized spacial score (nSPS) is 9.55. The number of nitrogens with one attached hydrogen (secondary N) is 1. The molecule has 1 aromatic heterocycles. The van der Waals surface area contributed by atoms with E-state index in [0.717, 1.165) is 0 Å². The van der Waals surface area contributed by atoms with E-state index in [9.17, 15) is 4.79 Å². The fraction of sp³-hybridized carbons (Fsp3) is 0.400. The molecule has 0 fully saturated rings. The molecular formula is C5H7N3O3. The maximum Gasteiger partial charge on any atom is 0.359 e. The number of aromatic nitrogens is 3. The van der Waals surface area contributed by atoms with Gasteiger partial charge >= 0.3 is 5.97 Å². The highest BCUT2D eigenvalue weighted by atomic mass is 16.5. The summed E-state index contributed by atoms with van der Waals surface area (Å²) < 4.78 is 4.85. The lowest BCUT2D eigenvalue weighted by Crippen LogP contribution is -2.01. The Morgan fingerprint density at radius 1 is 1.82 bits per heavy atom. The molecule has 0 saturated carbocycles. The van der Waals surface area contributed by atoms with Gasteiger partial charge in [0.15, 0.2) is 0 Å². The summed E-state index contributed by atoms with van der Waals surface area (Å²) in [6, 6.07) is 0. The van der Waals surface area contributed by atoms with Crippen molar-refractivity contribution in [3.05, 3.63) is 5.69 Å². The lowest BCUT2D eigenvalue weighted by molar-refractivity contribution is 0.0686. The van der Waals surface area contributed by atoms with Crippen LogP contribution in [0.2, 0.25) is 0 Å². The van der Waals surface area contributed by atoms with Gasteiger partial charge in [-0.25, -0.2) is 9.89 Å². The standard InChI is InChI=1S/C5H7N3O3/c1-2-11-4-3(5(9)10)6-8-7-4/h2H2,1H3,(H,9,10)(H,6,7,8). The van der Waals surface area contributed by atoms with Crippen LogP contribution in [0.3, 0.4) is 0 Å². The summed E-state index contributed by atoms with van der Waals surface area (Å²) in [6.07, 6.45) is 0. The molecule has 0 radical (unpaired) electrons. The van der Waals surface area contributed by atoms with Crippen LogP contribution in [-0.4, -0.2) is 33.1 Å². The molecule has 0 aliphatic rings. The average Bonchev–Trinajstić information content (AvgIpc) is 2.36. The number of hydrogen-bond acceptors (Lipinski definition) is 4. The first-order chi connectivity index (χ1) is 5.25. The fourth-order valence-electron chi connectivity index (χ4n) is 0.595. The smallest absolute Gasteiger partial charge is 0.359 e. The van der Waals surface area contributed by atoms with E-state index >= 15 is 0 Å². The quantitative estimate of drug-likeness (QED) is 0.639. The first kappa shape index (κ1) is 7.52. The molecular weight excluding hydrogens is 150 g/mol.